The fraction of sp³-hybridized carbons (Fsp3) is 0.174. The normalized spacial score (nSPS) is 12.4. The summed E-state index contributed by atoms with van der Waals surface area (Å²) in [6, 6.07) is 27.7. The number of ether oxygens (including phenoxy) is 1. The lowest BCUT2D eigenvalue weighted by Crippen LogP contribution is -2.38. The maximum absolute atomic E-state index is 13.0. The summed E-state index contributed by atoms with van der Waals surface area (Å²) in [4.78, 5) is 13.0. The van der Waals surface area contributed by atoms with Crippen molar-refractivity contribution < 1.29 is 14.6 Å². The molecule has 0 aliphatic heterocycles. The summed E-state index contributed by atoms with van der Waals surface area (Å²) in [5.74, 6) is -0.284. The second kappa shape index (κ2) is 9.66. The highest BCUT2D eigenvalue weighted by Crippen LogP contribution is 2.30. The molecular formula is C23H24O3. The molecule has 0 saturated carbocycles. The molecule has 3 rings (SSSR count). The van der Waals surface area contributed by atoms with Gasteiger partial charge in [0.1, 0.15) is 0 Å². The highest BCUT2D eigenvalue weighted by atomic mass is 16.4. The Labute approximate surface area is 154 Å². The molecule has 3 heteroatoms. The monoisotopic (exact) mass is 348 g/mol. The van der Waals surface area contributed by atoms with E-state index in [-0.39, 0.29) is 12.2 Å². The van der Waals surface area contributed by atoms with Gasteiger partial charge < -0.3 is 9.84 Å². The number of Topliss-reactive ketones (excluding diaryl/α,β-unsaturated/α-hetero) is 1. The number of rotatable bonds is 5. The molecule has 3 aromatic rings. The lowest BCUT2D eigenvalue weighted by atomic mass is 9.81. The summed E-state index contributed by atoms with van der Waals surface area (Å²) >= 11 is 0. The van der Waals surface area contributed by atoms with Crippen molar-refractivity contribution >= 4 is 5.78 Å². The zero-order valence-electron chi connectivity index (χ0n) is 15.1. The van der Waals surface area contributed by atoms with Crippen molar-refractivity contribution in [1.29, 1.82) is 0 Å². The number of carbonyl (C=O) groups excluding carboxylic acids is 1. The summed E-state index contributed by atoms with van der Waals surface area (Å²) in [7, 11) is 3.25. The van der Waals surface area contributed by atoms with Crippen LogP contribution in [0.2, 0.25) is 0 Å². The molecule has 0 radical (unpaired) electrons. The Bertz CT molecular complexity index is 785. The third-order valence-corrected chi connectivity index (χ3v) is 3.97. The molecule has 134 valence electrons. The maximum atomic E-state index is 13.0. The first-order valence-corrected chi connectivity index (χ1v) is 8.43. The van der Waals surface area contributed by atoms with E-state index in [0.717, 1.165) is 5.56 Å². The van der Waals surface area contributed by atoms with Gasteiger partial charge in [-0.25, -0.2) is 0 Å². The molecular weight excluding hydrogens is 324 g/mol. The Morgan fingerprint density at radius 1 is 0.808 bits per heavy atom. The quantitative estimate of drug-likeness (QED) is 0.701. The predicted molar refractivity (Wildman–Crippen MR) is 104 cm³/mol. The Kier molecular flexibility index (Phi) is 7.27. The van der Waals surface area contributed by atoms with Crippen LogP contribution in [0.1, 0.15) is 21.5 Å². The van der Waals surface area contributed by atoms with Crippen molar-refractivity contribution in [3.8, 4) is 0 Å². The van der Waals surface area contributed by atoms with Gasteiger partial charge in [0.25, 0.3) is 0 Å². The zero-order chi connectivity index (χ0) is 18.8. The van der Waals surface area contributed by atoms with Crippen molar-refractivity contribution in [2.75, 3.05) is 14.2 Å². The predicted octanol–water partition coefficient (Wildman–Crippen LogP) is 4.26. The van der Waals surface area contributed by atoms with Gasteiger partial charge in [-0.05, 0) is 11.1 Å². The zero-order valence-corrected chi connectivity index (χ0v) is 15.1. The fourth-order valence-corrected chi connectivity index (χ4v) is 2.75. The Balaban J connectivity index is 0.000000758. The lowest BCUT2D eigenvalue weighted by Gasteiger charge is -2.27. The number of hydrogen-bond acceptors (Lipinski definition) is 3. The molecule has 3 aromatic carbocycles. The van der Waals surface area contributed by atoms with Crippen LogP contribution in [0.25, 0.3) is 0 Å². The molecule has 1 unspecified atom stereocenters. The van der Waals surface area contributed by atoms with Gasteiger partial charge in [-0.2, -0.15) is 0 Å². The van der Waals surface area contributed by atoms with Crippen molar-refractivity contribution in [1.82, 2.24) is 0 Å². The van der Waals surface area contributed by atoms with Gasteiger partial charge in [0.05, 0.1) is 0 Å². The van der Waals surface area contributed by atoms with Crippen LogP contribution in [-0.2, 0) is 16.8 Å². The average molecular weight is 348 g/mol. The van der Waals surface area contributed by atoms with Crippen LogP contribution < -0.4 is 0 Å². The summed E-state index contributed by atoms with van der Waals surface area (Å²) in [5, 5.41) is 11.3. The average Bonchev–Trinajstić information content (AvgIpc) is 2.70. The number of ketones is 1. The highest BCUT2D eigenvalue weighted by molar-refractivity contribution is 6.03. The summed E-state index contributed by atoms with van der Waals surface area (Å²) in [5.41, 5.74) is 0.458. The number of methoxy groups -OCH3 is 1. The topological polar surface area (TPSA) is 46.5 Å². The summed E-state index contributed by atoms with van der Waals surface area (Å²) < 4.78 is 4.25. The third-order valence-electron chi connectivity index (χ3n) is 3.97. The largest absolute Gasteiger partial charge is 0.388 e. The summed E-state index contributed by atoms with van der Waals surface area (Å²) in [6.07, 6.45) is 0.242. The van der Waals surface area contributed by atoms with E-state index >= 15 is 0 Å². The second-order valence-electron chi connectivity index (χ2n) is 5.99. The van der Waals surface area contributed by atoms with Crippen molar-refractivity contribution in [2.24, 2.45) is 0 Å². The van der Waals surface area contributed by atoms with Crippen LogP contribution in [0.4, 0.5) is 0 Å². The van der Waals surface area contributed by atoms with Gasteiger partial charge in [-0.1, -0.05) is 91.0 Å². The molecule has 1 atom stereocenters. The Morgan fingerprint density at radius 2 is 1.23 bits per heavy atom. The SMILES string of the molecule is COC.O=C(c1ccccc1)C(O)(Cc1ccccc1)c1ccccc1. The smallest absolute Gasteiger partial charge is 0.199 e. The van der Waals surface area contributed by atoms with Gasteiger partial charge in [-0.3, -0.25) is 4.79 Å². The van der Waals surface area contributed by atoms with Crippen LogP contribution in [-0.4, -0.2) is 25.1 Å². The molecule has 0 spiro atoms. The highest BCUT2D eigenvalue weighted by Gasteiger charge is 2.38. The van der Waals surface area contributed by atoms with Crippen LogP contribution in [0.3, 0.4) is 0 Å². The van der Waals surface area contributed by atoms with Crippen molar-refractivity contribution in [3.63, 3.8) is 0 Å². The number of aliphatic hydroxyl groups is 1. The van der Waals surface area contributed by atoms with Crippen molar-refractivity contribution in [3.05, 3.63) is 108 Å². The molecule has 0 saturated heterocycles. The van der Waals surface area contributed by atoms with Gasteiger partial charge >= 0.3 is 0 Å². The first-order valence-electron chi connectivity index (χ1n) is 8.43. The molecule has 0 aliphatic carbocycles. The number of carbonyl (C=O) groups is 1. The minimum atomic E-state index is -1.58. The Hall–Kier alpha value is -2.75. The van der Waals surface area contributed by atoms with Crippen LogP contribution >= 0.6 is 0 Å². The minimum absolute atomic E-state index is 0.242. The lowest BCUT2D eigenvalue weighted by molar-refractivity contribution is 0.0299. The maximum Gasteiger partial charge on any atom is 0.199 e. The fourth-order valence-electron chi connectivity index (χ4n) is 2.75. The van der Waals surface area contributed by atoms with Gasteiger partial charge in [0.2, 0.25) is 0 Å². The van der Waals surface area contributed by atoms with E-state index in [2.05, 4.69) is 4.74 Å². The molecule has 0 aromatic heterocycles. The van der Waals surface area contributed by atoms with Gasteiger partial charge in [0.15, 0.2) is 11.4 Å². The minimum Gasteiger partial charge on any atom is -0.388 e. The second-order valence-corrected chi connectivity index (χ2v) is 5.99. The number of hydrogen-bond donors (Lipinski definition) is 1. The molecule has 0 heterocycles. The van der Waals surface area contributed by atoms with E-state index in [9.17, 15) is 9.90 Å². The van der Waals surface area contributed by atoms with E-state index < -0.39 is 5.60 Å². The van der Waals surface area contributed by atoms with Crippen LogP contribution in [0, 0.1) is 0 Å². The molecule has 26 heavy (non-hydrogen) atoms. The van der Waals surface area contributed by atoms with Gasteiger partial charge in [-0.15, -0.1) is 0 Å². The first kappa shape index (κ1) is 19.6. The molecule has 0 aliphatic rings. The molecule has 3 nitrogen and oxygen atoms in total. The first-order chi connectivity index (χ1) is 12.6. The third kappa shape index (κ3) is 4.88. The molecule has 0 amide bonds. The Morgan fingerprint density at radius 3 is 1.73 bits per heavy atom. The standard InChI is InChI=1S/C21H18O2.C2H6O/c22-20(18-12-6-2-7-13-18)21(23,19-14-8-3-9-15-19)16-17-10-4-1-5-11-17;1-3-2/h1-15,23H,16H2;1-2H3. The number of benzene rings is 3. The van der Waals surface area contributed by atoms with E-state index in [1.165, 1.54) is 0 Å². The van der Waals surface area contributed by atoms with Gasteiger partial charge in [0, 0.05) is 26.2 Å². The van der Waals surface area contributed by atoms with Crippen LogP contribution in [0.15, 0.2) is 91.0 Å². The van der Waals surface area contributed by atoms with E-state index in [4.69, 9.17) is 0 Å². The molecule has 0 bridgehead atoms. The summed E-state index contributed by atoms with van der Waals surface area (Å²) in [6.45, 7) is 0. The van der Waals surface area contributed by atoms with E-state index in [1.807, 2.05) is 54.6 Å². The van der Waals surface area contributed by atoms with Crippen LogP contribution in [0.5, 0.6) is 0 Å². The van der Waals surface area contributed by atoms with E-state index in [1.54, 1.807) is 50.6 Å². The van der Waals surface area contributed by atoms with E-state index in [0.29, 0.717) is 11.1 Å². The molecule has 1 N–H and O–H groups in total. The molecule has 0 fully saturated rings. The van der Waals surface area contributed by atoms with Crippen molar-refractivity contribution in [2.45, 2.75) is 12.0 Å².